The standard InChI is InChI=1S/C29H18ClFN4O4S/c1-2-22-32-33-28(40-22)35-26(37)25-23(24(36)17-13-16(30)11-12-21(17)39-25)29(35)18-8-4-6-10-20(18)34(27(29)38)14-15-7-3-5-9-19(15)31/h3-13H,2,14H2,1H3. The van der Waals surface area contributed by atoms with E-state index in [0.29, 0.717) is 27.7 Å². The van der Waals surface area contributed by atoms with Gasteiger partial charge in [0.05, 0.1) is 23.2 Å². The van der Waals surface area contributed by atoms with Crippen LogP contribution in [-0.2, 0) is 23.3 Å². The van der Waals surface area contributed by atoms with Gasteiger partial charge in [0.2, 0.25) is 10.9 Å². The molecule has 2 aromatic heterocycles. The van der Waals surface area contributed by atoms with Gasteiger partial charge in [-0.2, -0.15) is 0 Å². The van der Waals surface area contributed by atoms with Crippen LogP contribution in [0.1, 0.15) is 39.2 Å². The van der Waals surface area contributed by atoms with E-state index in [2.05, 4.69) is 10.2 Å². The minimum atomic E-state index is -1.95. The van der Waals surface area contributed by atoms with E-state index in [-0.39, 0.29) is 39.5 Å². The summed E-state index contributed by atoms with van der Waals surface area (Å²) >= 11 is 7.37. The number of amides is 2. The highest BCUT2D eigenvalue weighted by Crippen LogP contribution is 2.54. The molecule has 0 aliphatic carbocycles. The molecular formula is C29H18ClFN4O4S. The van der Waals surface area contributed by atoms with Crippen molar-refractivity contribution in [2.24, 2.45) is 0 Å². The van der Waals surface area contributed by atoms with Crippen LogP contribution in [0, 0.1) is 5.82 Å². The molecule has 5 aromatic rings. The molecule has 3 aromatic carbocycles. The smallest absolute Gasteiger partial charge is 0.297 e. The quantitative estimate of drug-likeness (QED) is 0.284. The molecule has 1 spiro atoms. The number of carbonyl (C=O) groups is 2. The average Bonchev–Trinajstić information content (AvgIpc) is 3.60. The maximum absolute atomic E-state index is 14.8. The molecule has 7 rings (SSSR count). The van der Waals surface area contributed by atoms with Crippen molar-refractivity contribution < 1.29 is 18.4 Å². The highest BCUT2D eigenvalue weighted by Gasteiger charge is 2.66. The van der Waals surface area contributed by atoms with Crippen LogP contribution in [0.2, 0.25) is 5.02 Å². The molecule has 0 bridgehead atoms. The molecule has 1 atom stereocenters. The number of benzene rings is 3. The third kappa shape index (κ3) is 3.20. The Morgan fingerprint density at radius 1 is 1.02 bits per heavy atom. The Balaban J connectivity index is 1.56. The number of carbonyl (C=O) groups excluding carboxylic acids is 2. The molecule has 0 saturated carbocycles. The Hall–Kier alpha value is -4.41. The number of anilines is 2. The van der Waals surface area contributed by atoms with Crippen molar-refractivity contribution >= 4 is 56.5 Å². The molecule has 0 fully saturated rings. The lowest BCUT2D eigenvalue weighted by Crippen LogP contribution is -2.53. The van der Waals surface area contributed by atoms with Crippen LogP contribution in [0.5, 0.6) is 0 Å². The minimum Gasteiger partial charge on any atom is -0.450 e. The number of hydrogen-bond acceptors (Lipinski definition) is 7. The van der Waals surface area contributed by atoms with E-state index in [9.17, 15) is 18.8 Å². The van der Waals surface area contributed by atoms with Gasteiger partial charge in [-0.05, 0) is 36.8 Å². The molecule has 0 N–H and O–H groups in total. The van der Waals surface area contributed by atoms with Crippen LogP contribution < -0.4 is 15.2 Å². The number of halogens is 2. The van der Waals surface area contributed by atoms with Gasteiger partial charge in [-0.15, -0.1) is 10.2 Å². The normalized spacial score (nSPS) is 17.8. The molecule has 4 heterocycles. The maximum Gasteiger partial charge on any atom is 0.297 e. The summed E-state index contributed by atoms with van der Waals surface area (Å²) in [5.41, 5.74) is -1.39. The fraction of sp³-hybridized carbons (Fsp3) is 0.138. The van der Waals surface area contributed by atoms with Crippen LogP contribution in [-0.4, -0.2) is 22.0 Å². The van der Waals surface area contributed by atoms with E-state index >= 15 is 0 Å². The summed E-state index contributed by atoms with van der Waals surface area (Å²) in [7, 11) is 0. The zero-order valence-electron chi connectivity index (χ0n) is 20.9. The number of rotatable bonds is 4. The second-order valence-corrected chi connectivity index (χ2v) is 10.9. The van der Waals surface area contributed by atoms with Crippen LogP contribution in [0.25, 0.3) is 11.0 Å². The van der Waals surface area contributed by atoms with E-state index in [0.717, 1.165) is 11.3 Å². The van der Waals surface area contributed by atoms with Gasteiger partial charge in [0.1, 0.15) is 16.4 Å². The molecular weight excluding hydrogens is 555 g/mol. The number of nitrogens with zero attached hydrogens (tertiary/aromatic N) is 4. The number of para-hydroxylation sites is 1. The number of fused-ring (bicyclic) bond motifs is 5. The van der Waals surface area contributed by atoms with Gasteiger partial charge in [0.15, 0.2) is 11.0 Å². The predicted octanol–water partition coefficient (Wildman–Crippen LogP) is 5.45. The Morgan fingerprint density at radius 3 is 2.58 bits per heavy atom. The first-order valence-corrected chi connectivity index (χ1v) is 13.6. The Bertz CT molecular complexity index is 1960. The van der Waals surface area contributed by atoms with Crippen molar-refractivity contribution in [2.45, 2.75) is 25.4 Å². The zero-order valence-corrected chi connectivity index (χ0v) is 22.4. The maximum atomic E-state index is 14.8. The lowest BCUT2D eigenvalue weighted by molar-refractivity contribution is -0.121. The number of aromatic nitrogens is 2. The summed E-state index contributed by atoms with van der Waals surface area (Å²) in [5.74, 6) is -2.04. The molecule has 8 nitrogen and oxygen atoms in total. The molecule has 0 radical (unpaired) electrons. The summed E-state index contributed by atoms with van der Waals surface area (Å²) in [6.07, 6.45) is 0.559. The molecule has 2 aliphatic heterocycles. The first-order valence-electron chi connectivity index (χ1n) is 12.4. The highest BCUT2D eigenvalue weighted by molar-refractivity contribution is 7.15. The van der Waals surface area contributed by atoms with Gasteiger partial charge < -0.3 is 9.32 Å². The monoisotopic (exact) mass is 572 g/mol. The van der Waals surface area contributed by atoms with E-state index in [1.807, 2.05) is 6.92 Å². The summed E-state index contributed by atoms with van der Waals surface area (Å²) in [4.78, 5) is 45.8. The van der Waals surface area contributed by atoms with Gasteiger partial charge in [0.25, 0.3) is 11.8 Å². The number of hydrogen-bond donors (Lipinski definition) is 0. The lowest BCUT2D eigenvalue weighted by Gasteiger charge is -2.32. The molecule has 198 valence electrons. The molecule has 2 amide bonds. The zero-order chi connectivity index (χ0) is 27.8. The van der Waals surface area contributed by atoms with Gasteiger partial charge in [0, 0.05) is 16.1 Å². The number of aryl methyl sites for hydroxylation is 1. The van der Waals surface area contributed by atoms with Crippen LogP contribution in [0.3, 0.4) is 0 Å². The molecule has 1 unspecified atom stereocenters. The average molecular weight is 573 g/mol. The van der Waals surface area contributed by atoms with Gasteiger partial charge in [-0.1, -0.05) is 66.3 Å². The van der Waals surface area contributed by atoms with Crippen molar-refractivity contribution in [2.75, 3.05) is 9.80 Å². The lowest BCUT2D eigenvalue weighted by atomic mass is 9.84. The fourth-order valence-corrected chi connectivity index (χ4v) is 6.57. The molecule has 0 saturated heterocycles. The third-order valence-electron chi connectivity index (χ3n) is 7.32. The SMILES string of the molecule is CCc1nnc(N2C(=O)c3oc4ccc(Cl)cc4c(=O)c3C23C(=O)N(Cc2ccccc2F)c2ccccc23)s1. The molecule has 40 heavy (non-hydrogen) atoms. The Labute approximate surface area is 235 Å². The molecule has 11 heteroatoms. The van der Waals surface area contributed by atoms with Crippen molar-refractivity contribution in [3.8, 4) is 0 Å². The second-order valence-electron chi connectivity index (χ2n) is 9.46. The van der Waals surface area contributed by atoms with Crippen LogP contribution >= 0.6 is 22.9 Å². The van der Waals surface area contributed by atoms with Crippen LogP contribution in [0.4, 0.5) is 15.2 Å². The van der Waals surface area contributed by atoms with Crippen LogP contribution in [0.15, 0.2) is 75.9 Å². The summed E-state index contributed by atoms with van der Waals surface area (Å²) in [6, 6.07) is 17.5. The van der Waals surface area contributed by atoms with Crippen molar-refractivity contribution in [1.82, 2.24) is 10.2 Å². The van der Waals surface area contributed by atoms with Crippen molar-refractivity contribution in [3.05, 3.63) is 115 Å². The Morgan fingerprint density at radius 2 is 1.80 bits per heavy atom. The first-order chi connectivity index (χ1) is 19.4. The van der Waals surface area contributed by atoms with Gasteiger partial charge in [-0.25, -0.2) is 4.39 Å². The van der Waals surface area contributed by atoms with Crippen molar-refractivity contribution in [3.63, 3.8) is 0 Å². The molecule has 2 aliphatic rings. The fourth-order valence-electron chi connectivity index (χ4n) is 5.57. The highest BCUT2D eigenvalue weighted by atomic mass is 35.5. The third-order valence-corrected chi connectivity index (χ3v) is 8.61. The summed E-state index contributed by atoms with van der Waals surface area (Å²) in [6.45, 7) is 1.77. The Kier molecular flexibility index (Phi) is 5.42. The largest absolute Gasteiger partial charge is 0.450 e. The summed E-state index contributed by atoms with van der Waals surface area (Å²) < 4.78 is 20.8. The van der Waals surface area contributed by atoms with Gasteiger partial charge >= 0.3 is 0 Å². The van der Waals surface area contributed by atoms with E-state index < -0.39 is 28.6 Å². The first kappa shape index (κ1) is 24.6. The van der Waals surface area contributed by atoms with E-state index in [1.54, 1.807) is 48.5 Å². The van der Waals surface area contributed by atoms with E-state index in [1.165, 1.54) is 28.0 Å². The predicted molar refractivity (Wildman–Crippen MR) is 148 cm³/mol. The van der Waals surface area contributed by atoms with Gasteiger partial charge in [-0.3, -0.25) is 19.3 Å². The topological polar surface area (TPSA) is 96.6 Å². The summed E-state index contributed by atoms with van der Waals surface area (Å²) in [5, 5.41) is 9.63. The second kappa shape index (κ2) is 8.80. The minimum absolute atomic E-state index is 0.122. The van der Waals surface area contributed by atoms with Crippen molar-refractivity contribution in [1.29, 1.82) is 0 Å². The van der Waals surface area contributed by atoms with E-state index in [4.69, 9.17) is 16.0 Å².